The van der Waals surface area contributed by atoms with Crippen molar-refractivity contribution in [3.05, 3.63) is 127 Å². The number of piperidine rings is 1. The lowest BCUT2D eigenvalue weighted by molar-refractivity contribution is 0.0842. The molecule has 5 heteroatoms. The number of halogens is 1. The van der Waals surface area contributed by atoms with Crippen LogP contribution in [-0.2, 0) is 11.3 Å². The maximum Gasteiger partial charge on any atom is 0.410 e. The fraction of sp³-hybridized carbons (Fsp3) is 0.219. The standard InChI is InChI=1S/C18H15P.C14H18INO2/c1-4-10-16(11-5-1)19(17-12-6-2-7-13-17)18-14-8-3-9-15-18;15-10-12-6-8-16(9-7-12)14(17)18-11-13-4-2-1-3-5-13/h1-15H;1-5,12H,6-11H2. The average Bonchev–Trinajstić information content (AvgIpc) is 2.99. The largest absolute Gasteiger partial charge is 0.445 e. The van der Waals surface area contributed by atoms with E-state index >= 15 is 0 Å². The second-order valence-electron chi connectivity index (χ2n) is 8.97. The monoisotopic (exact) mass is 621 g/mol. The number of rotatable bonds is 6. The molecular weight excluding hydrogens is 588 g/mol. The Labute approximate surface area is 235 Å². The SMILES string of the molecule is O=C(OCc1ccccc1)N1CCC(CI)CC1.c1ccc(P(c2ccccc2)c2ccccc2)cc1. The molecule has 1 aliphatic heterocycles. The summed E-state index contributed by atoms with van der Waals surface area (Å²) < 4.78 is 6.51. The van der Waals surface area contributed by atoms with Crippen molar-refractivity contribution in [2.45, 2.75) is 19.4 Å². The zero-order valence-electron chi connectivity index (χ0n) is 21.0. The predicted molar refractivity (Wildman–Crippen MR) is 165 cm³/mol. The molecule has 37 heavy (non-hydrogen) atoms. The number of hydrogen-bond acceptors (Lipinski definition) is 2. The summed E-state index contributed by atoms with van der Waals surface area (Å²) in [7, 11) is -0.446. The first-order valence-electron chi connectivity index (χ1n) is 12.7. The Kier molecular flexibility index (Phi) is 11.0. The Morgan fingerprint density at radius 2 is 1.11 bits per heavy atom. The molecule has 1 amide bonds. The van der Waals surface area contributed by atoms with Crippen LogP contribution in [0.2, 0.25) is 0 Å². The number of amides is 1. The number of benzene rings is 4. The van der Waals surface area contributed by atoms with Gasteiger partial charge in [0.05, 0.1) is 0 Å². The van der Waals surface area contributed by atoms with Crippen molar-refractivity contribution < 1.29 is 9.53 Å². The van der Waals surface area contributed by atoms with Crippen LogP contribution in [0, 0.1) is 5.92 Å². The molecule has 4 aromatic carbocycles. The highest BCUT2D eigenvalue weighted by Gasteiger charge is 2.23. The number of likely N-dealkylation sites (tertiary alicyclic amines) is 1. The molecule has 190 valence electrons. The highest BCUT2D eigenvalue weighted by Crippen LogP contribution is 2.32. The highest BCUT2D eigenvalue weighted by atomic mass is 127. The molecule has 0 unspecified atom stereocenters. The van der Waals surface area contributed by atoms with E-state index in [0.717, 1.165) is 37.4 Å². The summed E-state index contributed by atoms with van der Waals surface area (Å²) in [4.78, 5) is 13.7. The van der Waals surface area contributed by atoms with E-state index in [4.69, 9.17) is 4.74 Å². The molecule has 1 saturated heterocycles. The van der Waals surface area contributed by atoms with Crippen LogP contribution in [0.5, 0.6) is 0 Å². The first-order valence-corrected chi connectivity index (χ1v) is 15.6. The van der Waals surface area contributed by atoms with Gasteiger partial charge in [-0.2, -0.15) is 0 Å². The van der Waals surface area contributed by atoms with Crippen LogP contribution in [0.25, 0.3) is 0 Å². The van der Waals surface area contributed by atoms with Crippen LogP contribution in [0.3, 0.4) is 0 Å². The Hall–Kier alpha value is -2.69. The van der Waals surface area contributed by atoms with E-state index in [1.807, 2.05) is 35.2 Å². The molecule has 0 bridgehead atoms. The average molecular weight is 621 g/mol. The van der Waals surface area contributed by atoms with Gasteiger partial charge in [-0.15, -0.1) is 0 Å². The number of carbonyl (C=O) groups excluding carboxylic acids is 1. The van der Waals surface area contributed by atoms with Crippen molar-refractivity contribution >= 4 is 52.5 Å². The molecular formula is C32H33INO2P. The van der Waals surface area contributed by atoms with E-state index in [1.54, 1.807) is 0 Å². The van der Waals surface area contributed by atoms with Gasteiger partial charge in [0.25, 0.3) is 0 Å². The van der Waals surface area contributed by atoms with Crippen LogP contribution in [0.15, 0.2) is 121 Å². The zero-order chi connectivity index (χ0) is 25.7. The molecule has 1 aliphatic rings. The Morgan fingerprint density at radius 3 is 1.51 bits per heavy atom. The maximum atomic E-state index is 11.9. The first-order chi connectivity index (χ1) is 18.2. The number of ether oxygens (including phenoxy) is 1. The minimum Gasteiger partial charge on any atom is -0.445 e. The number of carbonyl (C=O) groups is 1. The minimum atomic E-state index is -0.446. The molecule has 0 aliphatic carbocycles. The van der Waals surface area contributed by atoms with Gasteiger partial charge >= 0.3 is 6.09 Å². The maximum absolute atomic E-state index is 11.9. The van der Waals surface area contributed by atoms with Crippen molar-refractivity contribution in [2.75, 3.05) is 17.5 Å². The molecule has 4 aromatic rings. The Balaban J connectivity index is 0.000000173. The molecule has 0 saturated carbocycles. The molecule has 1 heterocycles. The fourth-order valence-electron chi connectivity index (χ4n) is 4.26. The van der Waals surface area contributed by atoms with Crippen molar-refractivity contribution in [3.8, 4) is 0 Å². The topological polar surface area (TPSA) is 29.5 Å². The van der Waals surface area contributed by atoms with Gasteiger partial charge in [0, 0.05) is 17.5 Å². The van der Waals surface area contributed by atoms with Gasteiger partial charge in [0.1, 0.15) is 6.61 Å². The molecule has 5 rings (SSSR count). The molecule has 0 spiro atoms. The first kappa shape index (κ1) is 27.3. The number of nitrogens with zero attached hydrogens (tertiary/aromatic N) is 1. The quantitative estimate of drug-likeness (QED) is 0.133. The van der Waals surface area contributed by atoms with Gasteiger partial charge in [-0.1, -0.05) is 144 Å². The molecule has 0 aromatic heterocycles. The van der Waals surface area contributed by atoms with Gasteiger partial charge in [-0.3, -0.25) is 0 Å². The lowest BCUT2D eigenvalue weighted by atomic mass is 10.00. The van der Waals surface area contributed by atoms with Crippen molar-refractivity contribution in [2.24, 2.45) is 5.92 Å². The zero-order valence-corrected chi connectivity index (χ0v) is 24.0. The Bertz CT molecular complexity index is 1090. The third-order valence-corrected chi connectivity index (χ3v) is 10.0. The smallest absolute Gasteiger partial charge is 0.410 e. The van der Waals surface area contributed by atoms with E-state index in [0.29, 0.717) is 6.61 Å². The minimum absolute atomic E-state index is 0.175. The van der Waals surface area contributed by atoms with Crippen LogP contribution >= 0.6 is 30.5 Å². The van der Waals surface area contributed by atoms with Gasteiger partial charge in [0.2, 0.25) is 0 Å². The summed E-state index contributed by atoms with van der Waals surface area (Å²) in [5.74, 6) is 0.767. The lowest BCUT2D eigenvalue weighted by Crippen LogP contribution is -2.39. The highest BCUT2D eigenvalue weighted by molar-refractivity contribution is 14.1. The summed E-state index contributed by atoms with van der Waals surface area (Å²) in [6.07, 6.45) is 2.03. The van der Waals surface area contributed by atoms with Gasteiger partial charge in [0.15, 0.2) is 0 Å². The summed E-state index contributed by atoms with van der Waals surface area (Å²) in [6, 6.07) is 42.1. The summed E-state index contributed by atoms with van der Waals surface area (Å²) >= 11 is 2.42. The molecule has 0 N–H and O–H groups in total. The molecule has 3 nitrogen and oxygen atoms in total. The van der Waals surface area contributed by atoms with Crippen LogP contribution in [-0.4, -0.2) is 28.5 Å². The van der Waals surface area contributed by atoms with Gasteiger partial charge in [-0.05, 0) is 48.2 Å². The van der Waals surface area contributed by atoms with E-state index in [-0.39, 0.29) is 6.09 Å². The normalized spacial score (nSPS) is 13.5. The summed E-state index contributed by atoms with van der Waals surface area (Å²) in [5.41, 5.74) is 1.04. The van der Waals surface area contributed by atoms with Crippen LogP contribution in [0.1, 0.15) is 18.4 Å². The van der Waals surface area contributed by atoms with E-state index in [1.165, 1.54) is 20.3 Å². The summed E-state index contributed by atoms with van der Waals surface area (Å²) in [5, 5.41) is 4.19. The number of hydrogen-bond donors (Lipinski definition) is 0. The third kappa shape index (κ3) is 8.41. The van der Waals surface area contributed by atoms with Crippen molar-refractivity contribution in [1.29, 1.82) is 0 Å². The van der Waals surface area contributed by atoms with Gasteiger partial charge in [-0.25, -0.2) is 4.79 Å². The predicted octanol–water partition coefficient (Wildman–Crippen LogP) is 6.92. The molecule has 0 atom stereocenters. The number of alkyl halides is 1. The van der Waals surface area contributed by atoms with E-state index in [9.17, 15) is 4.79 Å². The lowest BCUT2D eigenvalue weighted by Gasteiger charge is -2.30. The van der Waals surface area contributed by atoms with Crippen molar-refractivity contribution in [3.63, 3.8) is 0 Å². The summed E-state index contributed by atoms with van der Waals surface area (Å²) in [6.45, 7) is 2.04. The van der Waals surface area contributed by atoms with Crippen LogP contribution < -0.4 is 15.9 Å². The van der Waals surface area contributed by atoms with Gasteiger partial charge < -0.3 is 9.64 Å². The van der Waals surface area contributed by atoms with E-state index in [2.05, 4.69) is 114 Å². The van der Waals surface area contributed by atoms with Crippen molar-refractivity contribution in [1.82, 2.24) is 4.90 Å². The van der Waals surface area contributed by atoms with Crippen LogP contribution in [0.4, 0.5) is 4.79 Å². The Morgan fingerprint density at radius 1 is 0.703 bits per heavy atom. The van der Waals surface area contributed by atoms with E-state index < -0.39 is 7.92 Å². The molecule has 1 fully saturated rings. The fourth-order valence-corrected chi connectivity index (χ4v) is 7.44. The third-order valence-electron chi connectivity index (χ3n) is 6.34. The second-order valence-corrected chi connectivity index (χ2v) is 12.1. The molecule has 0 radical (unpaired) electrons. The second kappa shape index (κ2) is 14.9.